The number of benzene rings is 1. The second-order valence-electron chi connectivity index (χ2n) is 4.54. The SMILES string of the molecule is CC(O)(CNC(=O)Nc1ccccc1Cl)c1ccco1. The van der Waals surface area contributed by atoms with Gasteiger partial charge in [0.25, 0.3) is 0 Å². The summed E-state index contributed by atoms with van der Waals surface area (Å²) in [5.41, 5.74) is -0.772. The van der Waals surface area contributed by atoms with Crippen LogP contribution in [0.5, 0.6) is 0 Å². The summed E-state index contributed by atoms with van der Waals surface area (Å²) in [4.78, 5) is 11.8. The highest BCUT2D eigenvalue weighted by Gasteiger charge is 2.26. The summed E-state index contributed by atoms with van der Waals surface area (Å²) in [6, 6.07) is 9.77. The van der Waals surface area contributed by atoms with E-state index in [1.807, 2.05) is 0 Å². The van der Waals surface area contributed by atoms with Gasteiger partial charge in [0.1, 0.15) is 11.4 Å². The lowest BCUT2D eigenvalue weighted by molar-refractivity contribution is 0.0372. The molecule has 20 heavy (non-hydrogen) atoms. The molecule has 6 heteroatoms. The van der Waals surface area contributed by atoms with Crippen LogP contribution in [-0.4, -0.2) is 17.7 Å². The standard InChI is InChI=1S/C14H15ClN2O3/c1-14(19,12-7-4-8-20-12)9-16-13(18)17-11-6-3-2-5-10(11)15/h2-8,19H,9H2,1H3,(H2,16,17,18). The van der Waals surface area contributed by atoms with Crippen molar-refractivity contribution in [3.63, 3.8) is 0 Å². The van der Waals surface area contributed by atoms with E-state index < -0.39 is 11.6 Å². The van der Waals surface area contributed by atoms with E-state index in [1.54, 1.807) is 43.3 Å². The monoisotopic (exact) mass is 294 g/mol. The van der Waals surface area contributed by atoms with E-state index in [-0.39, 0.29) is 6.54 Å². The summed E-state index contributed by atoms with van der Waals surface area (Å²) in [6.07, 6.45) is 1.47. The van der Waals surface area contributed by atoms with Gasteiger partial charge in [0.2, 0.25) is 0 Å². The molecule has 0 saturated carbocycles. The fraction of sp³-hybridized carbons (Fsp3) is 0.214. The van der Waals surface area contributed by atoms with Crippen molar-refractivity contribution >= 4 is 23.3 Å². The summed E-state index contributed by atoms with van der Waals surface area (Å²) < 4.78 is 5.13. The van der Waals surface area contributed by atoms with Crippen molar-refractivity contribution in [3.05, 3.63) is 53.4 Å². The zero-order valence-corrected chi connectivity index (χ0v) is 11.6. The van der Waals surface area contributed by atoms with Crippen LogP contribution < -0.4 is 10.6 Å². The molecule has 0 aliphatic heterocycles. The third-order valence-electron chi connectivity index (χ3n) is 2.77. The van der Waals surface area contributed by atoms with E-state index in [0.29, 0.717) is 16.5 Å². The number of anilines is 1. The van der Waals surface area contributed by atoms with Crippen molar-refractivity contribution < 1.29 is 14.3 Å². The summed E-state index contributed by atoms with van der Waals surface area (Å²) in [5.74, 6) is 0.385. The number of aliphatic hydroxyl groups is 1. The molecule has 0 aliphatic carbocycles. The van der Waals surface area contributed by atoms with Crippen molar-refractivity contribution in [1.82, 2.24) is 5.32 Å². The molecule has 0 aliphatic rings. The van der Waals surface area contributed by atoms with Crippen LogP contribution in [0, 0.1) is 0 Å². The second-order valence-corrected chi connectivity index (χ2v) is 4.95. The molecule has 1 heterocycles. The lowest BCUT2D eigenvalue weighted by Crippen LogP contribution is -2.40. The molecule has 0 saturated heterocycles. The minimum absolute atomic E-state index is 0.0107. The number of halogens is 1. The van der Waals surface area contributed by atoms with Gasteiger partial charge in [-0.2, -0.15) is 0 Å². The molecule has 0 fully saturated rings. The van der Waals surface area contributed by atoms with Crippen LogP contribution in [0.2, 0.25) is 5.02 Å². The van der Waals surface area contributed by atoms with Gasteiger partial charge in [0, 0.05) is 0 Å². The molecular weight excluding hydrogens is 280 g/mol. The summed E-state index contributed by atoms with van der Waals surface area (Å²) in [7, 11) is 0. The number of urea groups is 1. The molecule has 0 spiro atoms. The first kappa shape index (κ1) is 14.4. The van der Waals surface area contributed by atoms with E-state index in [4.69, 9.17) is 16.0 Å². The molecule has 2 amide bonds. The average Bonchev–Trinajstić information content (AvgIpc) is 2.94. The van der Waals surface area contributed by atoms with Crippen LogP contribution in [0.3, 0.4) is 0 Å². The Morgan fingerprint density at radius 3 is 2.75 bits per heavy atom. The predicted octanol–water partition coefficient (Wildman–Crippen LogP) is 2.96. The van der Waals surface area contributed by atoms with Gasteiger partial charge >= 0.3 is 6.03 Å². The van der Waals surface area contributed by atoms with Gasteiger partial charge in [-0.3, -0.25) is 0 Å². The molecular formula is C14H15ClN2O3. The summed E-state index contributed by atoms with van der Waals surface area (Å²) in [5, 5.41) is 15.8. The largest absolute Gasteiger partial charge is 0.466 e. The highest BCUT2D eigenvalue weighted by molar-refractivity contribution is 6.33. The van der Waals surface area contributed by atoms with Gasteiger partial charge in [-0.05, 0) is 31.2 Å². The Balaban J connectivity index is 1.91. The van der Waals surface area contributed by atoms with Gasteiger partial charge in [-0.1, -0.05) is 23.7 Å². The van der Waals surface area contributed by atoms with Crippen molar-refractivity contribution in [2.45, 2.75) is 12.5 Å². The molecule has 106 valence electrons. The van der Waals surface area contributed by atoms with E-state index in [0.717, 1.165) is 0 Å². The highest BCUT2D eigenvalue weighted by atomic mass is 35.5. The lowest BCUT2D eigenvalue weighted by Gasteiger charge is -2.21. The zero-order valence-electron chi connectivity index (χ0n) is 10.9. The molecule has 1 aromatic carbocycles. The Labute approximate surface area is 121 Å². The van der Waals surface area contributed by atoms with Crippen LogP contribution >= 0.6 is 11.6 Å². The Kier molecular flexibility index (Phi) is 4.32. The summed E-state index contributed by atoms with van der Waals surface area (Å²) >= 11 is 5.93. The maximum absolute atomic E-state index is 11.8. The molecule has 3 N–H and O–H groups in total. The van der Waals surface area contributed by atoms with Gasteiger partial charge in [-0.25, -0.2) is 4.79 Å². The maximum atomic E-state index is 11.8. The van der Waals surface area contributed by atoms with Gasteiger partial charge in [0.05, 0.1) is 23.5 Å². The Bertz CT molecular complexity index is 582. The first-order valence-electron chi connectivity index (χ1n) is 6.05. The number of hydrogen-bond acceptors (Lipinski definition) is 3. The number of furan rings is 1. The second kappa shape index (κ2) is 5.98. The molecule has 5 nitrogen and oxygen atoms in total. The normalized spacial score (nSPS) is 13.6. The number of rotatable bonds is 4. The summed E-state index contributed by atoms with van der Waals surface area (Å²) in [6.45, 7) is 1.57. The van der Waals surface area contributed by atoms with E-state index in [9.17, 15) is 9.90 Å². The number of amides is 2. The predicted molar refractivity (Wildman–Crippen MR) is 76.8 cm³/mol. The van der Waals surface area contributed by atoms with Crippen molar-refractivity contribution in [2.24, 2.45) is 0 Å². The van der Waals surface area contributed by atoms with Crippen LogP contribution in [-0.2, 0) is 5.60 Å². The first-order valence-corrected chi connectivity index (χ1v) is 6.42. The average molecular weight is 295 g/mol. The number of hydrogen-bond donors (Lipinski definition) is 3. The Hall–Kier alpha value is -1.98. The van der Waals surface area contributed by atoms with Crippen LogP contribution in [0.25, 0.3) is 0 Å². The van der Waals surface area contributed by atoms with E-state index >= 15 is 0 Å². The molecule has 2 rings (SSSR count). The van der Waals surface area contributed by atoms with Gasteiger partial charge in [-0.15, -0.1) is 0 Å². The third-order valence-corrected chi connectivity index (χ3v) is 3.10. The molecule has 1 unspecified atom stereocenters. The molecule has 1 aromatic heterocycles. The van der Waals surface area contributed by atoms with Gasteiger partial charge < -0.3 is 20.2 Å². The highest BCUT2D eigenvalue weighted by Crippen LogP contribution is 2.21. The minimum Gasteiger partial charge on any atom is -0.466 e. The topological polar surface area (TPSA) is 74.5 Å². The maximum Gasteiger partial charge on any atom is 0.319 e. The Morgan fingerprint density at radius 1 is 1.35 bits per heavy atom. The quantitative estimate of drug-likeness (QED) is 0.811. The van der Waals surface area contributed by atoms with Crippen molar-refractivity contribution in [2.75, 3.05) is 11.9 Å². The molecule has 0 radical (unpaired) electrons. The molecule has 1 atom stereocenters. The van der Waals surface area contributed by atoms with Crippen molar-refractivity contribution in [1.29, 1.82) is 0 Å². The zero-order chi connectivity index (χ0) is 14.6. The smallest absolute Gasteiger partial charge is 0.319 e. The molecule has 2 aromatic rings. The first-order chi connectivity index (χ1) is 9.49. The van der Waals surface area contributed by atoms with Crippen molar-refractivity contribution in [3.8, 4) is 0 Å². The van der Waals surface area contributed by atoms with Crippen LogP contribution in [0.1, 0.15) is 12.7 Å². The fourth-order valence-electron chi connectivity index (χ4n) is 1.65. The van der Waals surface area contributed by atoms with E-state index in [2.05, 4.69) is 10.6 Å². The van der Waals surface area contributed by atoms with E-state index in [1.165, 1.54) is 6.26 Å². The Morgan fingerprint density at radius 2 is 2.10 bits per heavy atom. The number of carbonyl (C=O) groups is 1. The van der Waals surface area contributed by atoms with Crippen LogP contribution in [0.4, 0.5) is 10.5 Å². The number of para-hydroxylation sites is 1. The minimum atomic E-state index is -1.28. The lowest BCUT2D eigenvalue weighted by atomic mass is 10.0. The number of nitrogens with one attached hydrogen (secondary N) is 2. The molecule has 0 bridgehead atoms. The van der Waals surface area contributed by atoms with Crippen LogP contribution in [0.15, 0.2) is 47.1 Å². The number of carbonyl (C=O) groups excluding carboxylic acids is 1. The third kappa shape index (κ3) is 3.53. The van der Waals surface area contributed by atoms with Gasteiger partial charge in [0.15, 0.2) is 0 Å². The fourth-order valence-corrected chi connectivity index (χ4v) is 1.84.